The summed E-state index contributed by atoms with van der Waals surface area (Å²) in [6.45, 7) is 1.64. The third-order valence-corrected chi connectivity index (χ3v) is 8.43. The highest BCUT2D eigenvalue weighted by Crippen LogP contribution is 2.59. The van der Waals surface area contributed by atoms with Gasteiger partial charge >= 0.3 is 29.8 Å². The summed E-state index contributed by atoms with van der Waals surface area (Å²) in [4.78, 5) is 64.3. The molecule has 2 aliphatic heterocycles. The Hall–Kier alpha value is -6.75. The van der Waals surface area contributed by atoms with Crippen LogP contribution in [0.1, 0.15) is 72.7 Å². The zero-order valence-corrected chi connectivity index (χ0v) is 27.3. The third kappa shape index (κ3) is 5.95. The van der Waals surface area contributed by atoms with Gasteiger partial charge in [-0.1, -0.05) is 54.6 Å². The molecule has 0 saturated heterocycles. The van der Waals surface area contributed by atoms with Crippen LogP contribution in [0.25, 0.3) is 0 Å². The van der Waals surface area contributed by atoms with E-state index in [0.29, 0.717) is 22.3 Å². The molecule has 0 radical (unpaired) electrons. The van der Waals surface area contributed by atoms with Crippen LogP contribution in [0.15, 0.2) is 109 Å². The largest absolute Gasteiger partial charge is 0.461 e. The summed E-state index contributed by atoms with van der Waals surface area (Å²) < 4.78 is 35.5. The molecule has 51 heavy (non-hydrogen) atoms. The fourth-order valence-electron chi connectivity index (χ4n) is 6.15. The average molecular weight is 685 g/mol. The molecule has 0 atom stereocenters. The van der Waals surface area contributed by atoms with E-state index in [-0.39, 0.29) is 45.3 Å². The Bertz CT molecular complexity index is 2100. The van der Waals surface area contributed by atoms with E-state index in [4.69, 9.17) is 28.4 Å². The minimum Gasteiger partial charge on any atom is -0.461 e. The van der Waals surface area contributed by atoms with Crippen LogP contribution in [-0.2, 0) is 42.6 Å². The normalized spacial score (nSPS) is 13.1. The lowest BCUT2D eigenvalue weighted by Crippen LogP contribution is -2.34. The van der Waals surface area contributed by atoms with Crippen molar-refractivity contribution in [2.75, 3.05) is 0 Å². The van der Waals surface area contributed by atoms with Crippen LogP contribution < -0.4 is 14.2 Å². The van der Waals surface area contributed by atoms with Crippen molar-refractivity contribution in [1.29, 1.82) is 0 Å². The molecule has 2 aliphatic rings. The molecular formula is C40H28O11. The van der Waals surface area contributed by atoms with Crippen molar-refractivity contribution in [3.63, 3.8) is 0 Å². The zero-order valence-electron chi connectivity index (χ0n) is 27.3. The van der Waals surface area contributed by atoms with E-state index in [2.05, 4.69) is 0 Å². The van der Waals surface area contributed by atoms with Gasteiger partial charge in [-0.25, -0.2) is 14.4 Å². The third-order valence-electron chi connectivity index (χ3n) is 8.43. The summed E-state index contributed by atoms with van der Waals surface area (Å²) in [5, 5.41) is 0. The van der Waals surface area contributed by atoms with Gasteiger partial charge in [-0.15, -0.1) is 0 Å². The second-order valence-corrected chi connectivity index (χ2v) is 11.6. The Kier molecular flexibility index (Phi) is 8.53. The van der Waals surface area contributed by atoms with Gasteiger partial charge in [0.1, 0.15) is 36.2 Å². The highest BCUT2D eigenvalue weighted by molar-refractivity contribution is 5.97. The second kappa shape index (κ2) is 13.3. The topological polar surface area (TPSA) is 141 Å². The Morgan fingerprint density at radius 1 is 0.569 bits per heavy atom. The molecule has 0 amide bonds. The molecule has 0 unspecified atom stereocenters. The molecule has 2 heterocycles. The molecule has 0 aliphatic carbocycles. The van der Waals surface area contributed by atoms with Crippen molar-refractivity contribution >= 4 is 29.8 Å². The quantitative estimate of drug-likeness (QED) is 0.0966. The predicted molar refractivity (Wildman–Crippen MR) is 178 cm³/mol. The predicted octanol–water partition coefficient (Wildman–Crippen LogP) is 6.82. The number of ether oxygens (including phenoxy) is 6. The van der Waals surface area contributed by atoms with Crippen LogP contribution in [0.4, 0.5) is 0 Å². The first-order chi connectivity index (χ1) is 24.7. The van der Waals surface area contributed by atoms with E-state index in [1.807, 2.05) is 0 Å². The fraction of sp³-hybridized carbons (Fsp3) is 0.125. The molecule has 0 fully saturated rings. The number of hydrogen-bond donors (Lipinski definition) is 0. The smallest absolute Gasteiger partial charge is 0.343 e. The van der Waals surface area contributed by atoms with Crippen LogP contribution in [0.5, 0.6) is 23.0 Å². The molecule has 5 aromatic rings. The first-order valence-electron chi connectivity index (χ1n) is 15.8. The lowest BCUT2D eigenvalue weighted by molar-refractivity contribution is -0.143. The summed E-state index contributed by atoms with van der Waals surface area (Å²) in [7, 11) is 0. The molecule has 0 N–H and O–H groups in total. The standard InChI is InChI=1S/C40H28O11/c1-23(41)46-21-28-33(48-37(43)25-11-5-3-6-12-25)19-17-31-35(28)50-36-29(22-47-24(2)42)34(49-38(44)26-13-7-4-8-14-26)20-18-32(36)40(31)30-16-10-9-15-27(30)39(45)51-40/h3-20H,21-22H2,1-2H3. The molecule has 11 nitrogen and oxygen atoms in total. The van der Waals surface area contributed by atoms with Gasteiger partial charge in [0.2, 0.25) is 0 Å². The van der Waals surface area contributed by atoms with Crippen LogP contribution in [0.3, 0.4) is 0 Å². The summed E-state index contributed by atoms with van der Waals surface area (Å²) >= 11 is 0. The monoisotopic (exact) mass is 684 g/mol. The summed E-state index contributed by atoms with van der Waals surface area (Å²) in [6, 6.07) is 29.7. The Morgan fingerprint density at radius 3 is 1.49 bits per heavy atom. The number of carbonyl (C=O) groups excluding carboxylic acids is 5. The molecule has 5 aromatic carbocycles. The molecule has 0 aromatic heterocycles. The maximum Gasteiger partial charge on any atom is 0.343 e. The van der Waals surface area contributed by atoms with Gasteiger partial charge in [-0.2, -0.15) is 0 Å². The van der Waals surface area contributed by atoms with E-state index in [0.717, 1.165) is 0 Å². The van der Waals surface area contributed by atoms with E-state index in [9.17, 15) is 24.0 Å². The fourth-order valence-corrected chi connectivity index (χ4v) is 6.15. The van der Waals surface area contributed by atoms with Crippen molar-refractivity contribution in [1.82, 2.24) is 0 Å². The highest BCUT2D eigenvalue weighted by atomic mass is 16.6. The van der Waals surface area contributed by atoms with Crippen molar-refractivity contribution in [2.45, 2.75) is 32.7 Å². The lowest BCUT2D eigenvalue weighted by atomic mass is 9.76. The van der Waals surface area contributed by atoms with Gasteiger partial charge < -0.3 is 28.4 Å². The maximum atomic E-state index is 13.6. The Morgan fingerprint density at radius 2 is 1.02 bits per heavy atom. The maximum absolute atomic E-state index is 13.6. The molecule has 0 bridgehead atoms. The minimum absolute atomic E-state index is 0.00765. The number of benzene rings is 5. The molecule has 254 valence electrons. The van der Waals surface area contributed by atoms with Crippen LogP contribution in [0, 0.1) is 0 Å². The molecule has 1 spiro atoms. The van der Waals surface area contributed by atoms with E-state index >= 15 is 0 Å². The number of fused-ring (bicyclic) bond motifs is 6. The van der Waals surface area contributed by atoms with Crippen molar-refractivity contribution in [2.24, 2.45) is 0 Å². The first-order valence-corrected chi connectivity index (χ1v) is 15.8. The summed E-state index contributed by atoms with van der Waals surface area (Å²) in [5.41, 5.74) is 0.609. The van der Waals surface area contributed by atoms with Gasteiger partial charge in [0, 0.05) is 30.5 Å². The number of esters is 5. The number of rotatable bonds is 8. The van der Waals surface area contributed by atoms with Crippen molar-refractivity contribution < 1.29 is 52.4 Å². The molecular weight excluding hydrogens is 656 g/mol. The Balaban J connectivity index is 1.46. The minimum atomic E-state index is -1.64. The van der Waals surface area contributed by atoms with Crippen molar-refractivity contribution in [3.05, 3.63) is 154 Å². The lowest BCUT2D eigenvalue weighted by Gasteiger charge is -2.38. The average Bonchev–Trinajstić information content (AvgIpc) is 3.43. The van der Waals surface area contributed by atoms with Gasteiger partial charge in [0.15, 0.2) is 5.60 Å². The van der Waals surface area contributed by atoms with E-state index < -0.39 is 48.7 Å². The molecule has 7 rings (SSSR count). The number of hydrogen-bond acceptors (Lipinski definition) is 11. The summed E-state index contributed by atoms with van der Waals surface area (Å²) in [6.07, 6.45) is 0. The summed E-state index contributed by atoms with van der Waals surface area (Å²) in [5.74, 6) is -3.13. The van der Waals surface area contributed by atoms with Crippen LogP contribution in [-0.4, -0.2) is 29.8 Å². The molecule has 0 saturated carbocycles. The van der Waals surface area contributed by atoms with Gasteiger partial charge in [-0.3, -0.25) is 9.59 Å². The van der Waals surface area contributed by atoms with Crippen LogP contribution in [0.2, 0.25) is 0 Å². The van der Waals surface area contributed by atoms with Crippen LogP contribution >= 0.6 is 0 Å². The van der Waals surface area contributed by atoms with Gasteiger partial charge in [0.25, 0.3) is 0 Å². The zero-order chi connectivity index (χ0) is 35.7. The van der Waals surface area contributed by atoms with Crippen molar-refractivity contribution in [3.8, 4) is 23.0 Å². The van der Waals surface area contributed by atoms with Gasteiger partial charge in [-0.05, 0) is 54.6 Å². The van der Waals surface area contributed by atoms with E-state index in [1.165, 1.54) is 26.0 Å². The molecule has 11 heteroatoms. The Labute approximate surface area is 291 Å². The first kappa shape index (κ1) is 32.8. The highest BCUT2D eigenvalue weighted by Gasteiger charge is 2.55. The second-order valence-electron chi connectivity index (χ2n) is 11.6. The van der Waals surface area contributed by atoms with Gasteiger partial charge in [0.05, 0.1) is 27.8 Å². The number of carbonyl (C=O) groups is 5. The SMILES string of the molecule is CC(=O)OCc1c(OC(=O)c2ccccc2)ccc2c1Oc1c(ccc(OC(=O)c3ccccc3)c1COC(C)=O)C21OC(=O)c2ccccc21. The van der Waals surface area contributed by atoms with E-state index in [1.54, 1.807) is 97.1 Å².